The number of alkyl halides is 3. The smallest absolute Gasteiger partial charge is 0.343 e. The van der Waals surface area contributed by atoms with Gasteiger partial charge in [0.05, 0.1) is 22.9 Å². The predicted molar refractivity (Wildman–Crippen MR) is 89.0 cm³/mol. The standard InChI is InChI=1S/C18H20F3N3O/c1-2-3-4-17(25)23-9-7-14(8-10-23)24-12-22-15-11-13(18(19,20)21)5-6-16(15)24/h2,5-6,11-12,14H,1,3-4,7-10H2. The van der Waals surface area contributed by atoms with Crippen LogP contribution in [0.3, 0.4) is 0 Å². The topological polar surface area (TPSA) is 38.1 Å². The summed E-state index contributed by atoms with van der Waals surface area (Å²) < 4.78 is 40.4. The highest BCUT2D eigenvalue weighted by Crippen LogP contribution is 2.33. The van der Waals surface area contributed by atoms with Gasteiger partial charge in [0.15, 0.2) is 0 Å². The molecule has 3 rings (SSSR count). The molecule has 0 bridgehead atoms. The van der Waals surface area contributed by atoms with E-state index in [0.29, 0.717) is 37.0 Å². The Labute approximate surface area is 143 Å². The molecule has 2 heterocycles. The fourth-order valence-electron chi connectivity index (χ4n) is 3.28. The maximum atomic E-state index is 12.8. The summed E-state index contributed by atoms with van der Waals surface area (Å²) in [7, 11) is 0. The molecule has 1 saturated heterocycles. The number of amides is 1. The normalized spacial score (nSPS) is 16.4. The number of piperidine rings is 1. The van der Waals surface area contributed by atoms with Gasteiger partial charge in [-0.3, -0.25) is 4.79 Å². The van der Waals surface area contributed by atoms with Crippen molar-refractivity contribution in [2.24, 2.45) is 0 Å². The van der Waals surface area contributed by atoms with Gasteiger partial charge in [0.2, 0.25) is 5.91 Å². The first-order valence-electron chi connectivity index (χ1n) is 8.32. The molecule has 0 saturated carbocycles. The number of fused-ring (bicyclic) bond motifs is 1. The first-order valence-corrected chi connectivity index (χ1v) is 8.32. The van der Waals surface area contributed by atoms with E-state index in [1.165, 1.54) is 6.07 Å². The summed E-state index contributed by atoms with van der Waals surface area (Å²) in [6.45, 7) is 4.93. The minimum atomic E-state index is -4.37. The molecular formula is C18H20F3N3O. The van der Waals surface area contributed by atoms with Gasteiger partial charge >= 0.3 is 6.18 Å². The van der Waals surface area contributed by atoms with Gasteiger partial charge in [0.1, 0.15) is 0 Å². The number of imidazole rings is 1. The molecule has 0 atom stereocenters. The van der Waals surface area contributed by atoms with Crippen molar-refractivity contribution in [3.8, 4) is 0 Å². The highest BCUT2D eigenvalue weighted by atomic mass is 19.4. The van der Waals surface area contributed by atoms with Crippen LogP contribution in [0.25, 0.3) is 11.0 Å². The lowest BCUT2D eigenvalue weighted by molar-refractivity contribution is -0.137. The second-order valence-electron chi connectivity index (χ2n) is 6.29. The van der Waals surface area contributed by atoms with Crippen molar-refractivity contribution in [3.05, 3.63) is 42.7 Å². The Balaban J connectivity index is 1.71. The molecule has 0 unspecified atom stereocenters. The lowest BCUT2D eigenvalue weighted by atomic mass is 10.0. The quantitative estimate of drug-likeness (QED) is 0.775. The van der Waals surface area contributed by atoms with Gasteiger partial charge in [0, 0.05) is 25.6 Å². The van der Waals surface area contributed by atoms with E-state index in [9.17, 15) is 18.0 Å². The number of likely N-dealkylation sites (tertiary alicyclic amines) is 1. The zero-order valence-electron chi connectivity index (χ0n) is 13.8. The van der Waals surface area contributed by atoms with Gasteiger partial charge in [0.25, 0.3) is 0 Å². The Hall–Kier alpha value is -2.31. The van der Waals surface area contributed by atoms with E-state index in [0.717, 1.165) is 25.0 Å². The number of carbonyl (C=O) groups excluding carboxylic acids is 1. The summed E-state index contributed by atoms with van der Waals surface area (Å²) in [5.74, 6) is 0.128. The molecule has 1 aromatic heterocycles. The third-order valence-corrected chi connectivity index (χ3v) is 4.68. The van der Waals surface area contributed by atoms with Crippen molar-refractivity contribution in [1.29, 1.82) is 0 Å². The molecule has 134 valence electrons. The van der Waals surface area contributed by atoms with Crippen LogP contribution in [-0.2, 0) is 11.0 Å². The van der Waals surface area contributed by atoms with Gasteiger partial charge in [-0.2, -0.15) is 13.2 Å². The highest BCUT2D eigenvalue weighted by molar-refractivity contribution is 5.77. The van der Waals surface area contributed by atoms with Crippen molar-refractivity contribution >= 4 is 16.9 Å². The summed E-state index contributed by atoms with van der Waals surface area (Å²) in [6.07, 6.45) is 1.66. The fraction of sp³-hybridized carbons (Fsp3) is 0.444. The Morgan fingerprint density at radius 2 is 2.04 bits per heavy atom. The summed E-state index contributed by atoms with van der Waals surface area (Å²) in [5.41, 5.74) is 0.358. The number of aromatic nitrogens is 2. The maximum Gasteiger partial charge on any atom is 0.416 e. The molecule has 4 nitrogen and oxygen atoms in total. The first-order chi connectivity index (χ1) is 11.9. The number of nitrogens with zero attached hydrogens (tertiary/aromatic N) is 3. The molecule has 1 aliphatic heterocycles. The minimum absolute atomic E-state index is 0.128. The number of allylic oxidation sites excluding steroid dienone is 1. The molecule has 7 heteroatoms. The fourth-order valence-corrected chi connectivity index (χ4v) is 3.28. The van der Waals surface area contributed by atoms with Crippen molar-refractivity contribution in [1.82, 2.24) is 14.5 Å². The van der Waals surface area contributed by atoms with E-state index in [-0.39, 0.29) is 11.9 Å². The molecule has 2 aromatic rings. The minimum Gasteiger partial charge on any atom is -0.343 e. The van der Waals surface area contributed by atoms with Gasteiger partial charge in [-0.15, -0.1) is 6.58 Å². The van der Waals surface area contributed by atoms with Crippen LogP contribution in [0.4, 0.5) is 13.2 Å². The molecule has 0 aliphatic carbocycles. The number of rotatable bonds is 4. The van der Waals surface area contributed by atoms with Crippen LogP contribution < -0.4 is 0 Å². The molecule has 1 aromatic carbocycles. The molecule has 0 N–H and O–H groups in total. The Bertz CT molecular complexity index is 773. The van der Waals surface area contributed by atoms with Crippen LogP contribution in [0, 0.1) is 0 Å². The average Bonchev–Trinajstić information content (AvgIpc) is 3.02. The molecule has 1 aliphatic rings. The van der Waals surface area contributed by atoms with Gasteiger partial charge in [-0.1, -0.05) is 6.08 Å². The summed E-state index contributed by atoms with van der Waals surface area (Å²) >= 11 is 0. The van der Waals surface area contributed by atoms with Crippen molar-refractivity contribution < 1.29 is 18.0 Å². The Kier molecular flexibility index (Phi) is 4.83. The average molecular weight is 351 g/mol. The van der Waals surface area contributed by atoms with E-state index in [1.54, 1.807) is 12.4 Å². The van der Waals surface area contributed by atoms with Crippen LogP contribution in [0.5, 0.6) is 0 Å². The van der Waals surface area contributed by atoms with Crippen LogP contribution in [0.1, 0.15) is 37.3 Å². The number of carbonyl (C=O) groups is 1. The second kappa shape index (κ2) is 6.90. The monoisotopic (exact) mass is 351 g/mol. The Morgan fingerprint density at radius 1 is 1.32 bits per heavy atom. The van der Waals surface area contributed by atoms with E-state index in [1.807, 2.05) is 9.47 Å². The van der Waals surface area contributed by atoms with E-state index in [4.69, 9.17) is 0 Å². The zero-order valence-corrected chi connectivity index (χ0v) is 13.8. The summed E-state index contributed by atoms with van der Waals surface area (Å²) in [6, 6.07) is 3.80. The zero-order chi connectivity index (χ0) is 18.0. The molecule has 0 radical (unpaired) electrons. The van der Waals surface area contributed by atoms with Crippen LogP contribution in [0.15, 0.2) is 37.2 Å². The lowest BCUT2D eigenvalue weighted by Gasteiger charge is -2.33. The van der Waals surface area contributed by atoms with Crippen molar-refractivity contribution in [3.63, 3.8) is 0 Å². The van der Waals surface area contributed by atoms with E-state index in [2.05, 4.69) is 11.6 Å². The predicted octanol–water partition coefficient (Wildman–Crippen LogP) is 4.18. The summed E-state index contributed by atoms with van der Waals surface area (Å²) in [5, 5.41) is 0. The van der Waals surface area contributed by atoms with Crippen LogP contribution in [-0.4, -0.2) is 33.4 Å². The third kappa shape index (κ3) is 3.70. The molecule has 1 amide bonds. The Morgan fingerprint density at radius 3 is 2.68 bits per heavy atom. The highest BCUT2D eigenvalue weighted by Gasteiger charge is 2.31. The molecular weight excluding hydrogens is 331 g/mol. The largest absolute Gasteiger partial charge is 0.416 e. The van der Waals surface area contributed by atoms with Crippen molar-refractivity contribution in [2.75, 3.05) is 13.1 Å². The first kappa shape index (κ1) is 17.5. The SMILES string of the molecule is C=CCCC(=O)N1CCC(n2cnc3cc(C(F)(F)F)ccc32)CC1. The van der Waals surface area contributed by atoms with Gasteiger partial charge in [-0.05, 0) is 37.5 Å². The van der Waals surface area contributed by atoms with Gasteiger partial charge in [-0.25, -0.2) is 4.98 Å². The number of halogens is 3. The van der Waals surface area contributed by atoms with Gasteiger partial charge < -0.3 is 9.47 Å². The third-order valence-electron chi connectivity index (χ3n) is 4.68. The second-order valence-corrected chi connectivity index (χ2v) is 6.29. The van der Waals surface area contributed by atoms with E-state index >= 15 is 0 Å². The summed E-state index contributed by atoms with van der Waals surface area (Å²) in [4.78, 5) is 18.0. The maximum absolute atomic E-state index is 12.8. The van der Waals surface area contributed by atoms with Crippen LogP contribution >= 0.6 is 0 Å². The number of hydrogen-bond acceptors (Lipinski definition) is 2. The van der Waals surface area contributed by atoms with Crippen LogP contribution in [0.2, 0.25) is 0 Å². The number of hydrogen-bond donors (Lipinski definition) is 0. The molecule has 1 fully saturated rings. The molecule has 0 spiro atoms. The lowest BCUT2D eigenvalue weighted by Crippen LogP contribution is -2.38. The van der Waals surface area contributed by atoms with E-state index < -0.39 is 11.7 Å². The molecule has 25 heavy (non-hydrogen) atoms. The van der Waals surface area contributed by atoms with Crippen molar-refractivity contribution in [2.45, 2.75) is 37.9 Å². The number of benzene rings is 1.